The SMILES string of the molecule is COC(=O)c1cc(S(C)(=O)=O)c(-n2cnc3ccccc32)cc1C#N. The molecule has 8 heteroatoms. The molecule has 3 aromatic rings. The highest BCUT2D eigenvalue weighted by Crippen LogP contribution is 2.28. The van der Waals surface area contributed by atoms with E-state index in [9.17, 15) is 18.5 Å². The predicted octanol–water partition coefficient (Wildman–Crippen LogP) is 2.09. The van der Waals surface area contributed by atoms with Gasteiger partial charge in [-0.2, -0.15) is 5.26 Å². The smallest absolute Gasteiger partial charge is 0.339 e. The van der Waals surface area contributed by atoms with Gasteiger partial charge in [-0.3, -0.25) is 4.57 Å². The van der Waals surface area contributed by atoms with Crippen LogP contribution >= 0.6 is 0 Å². The lowest BCUT2D eigenvalue weighted by molar-refractivity contribution is 0.0600. The lowest BCUT2D eigenvalue weighted by atomic mass is 10.1. The Hall–Kier alpha value is -3.18. The van der Waals surface area contributed by atoms with Crippen molar-refractivity contribution in [3.05, 3.63) is 53.9 Å². The Balaban J connectivity index is 2.40. The number of carbonyl (C=O) groups excluding carboxylic acids is 1. The van der Waals surface area contributed by atoms with Crippen LogP contribution in [0.2, 0.25) is 0 Å². The van der Waals surface area contributed by atoms with Gasteiger partial charge in [0.15, 0.2) is 9.84 Å². The number of imidazole rings is 1. The summed E-state index contributed by atoms with van der Waals surface area (Å²) in [6.07, 6.45) is 2.52. The van der Waals surface area contributed by atoms with Crippen LogP contribution in [0.1, 0.15) is 15.9 Å². The Morgan fingerprint density at radius 1 is 1.28 bits per heavy atom. The Morgan fingerprint density at radius 3 is 2.64 bits per heavy atom. The average Bonchev–Trinajstić information content (AvgIpc) is 3.03. The molecule has 0 aliphatic carbocycles. The fraction of sp³-hybridized carbons (Fsp3) is 0.118. The van der Waals surface area contributed by atoms with Crippen LogP contribution in [0.4, 0.5) is 0 Å². The van der Waals surface area contributed by atoms with E-state index in [1.807, 2.05) is 12.1 Å². The zero-order chi connectivity index (χ0) is 18.2. The molecule has 0 aliphatic heterocycles. The standard InChI is InChI=1S/C17H13N3O4S/c1-24-17(21)12-8-16(25(2,22)23)15(7-11(12)9-18)20-10-19-13-5-3-4-6-14(13)20/h3-8,10H,1-2H3. The minimum absolute atomic E-state index is 0.0204. The summed E-state index contributed by atoms with van der Waals surface area (Å²) in [5.41, 5.74) is 1.53. The molecule has 0 N–H and O–H groups in total. The largest absolute Gasteiger partial charge is 0.465 e. The zero-order valence-corrected chi connectivity index (χ0v) is 14.2. The number of sulfone groups is 1. The second-order valence-corrected chi connectivity index (χ2v) is 7.33. The van der Waals surface area contributed by atoms with Crippen LogP contribution in [0.3, 0.4) is 0 Å². The van der Waals surface area contributed by atoms with E-state index in [-0.39, 0.29) is 21.7 Å². The van der Waals surface area contributed by atoms with E-state index >= 15 is 0 Å². The maximum absolute atomic E-state index is 12.3. The van der Waals surface area contributed by atoms with Gasteiger partial charge in [-0.05, 0) is 24.3 Å². The van der Waals surface area contributed by atoms with E-state index < -0.39 is 15.8 Å². The summed E-state index contributed by atoms with van der Waals surface area (Å²) in [5, 5.41) is 9.36. The summed E-state index contributed by atoms with van der Waals surface area (Å²) in [5.74, 6) is -0.775. The lowest BCUT2D eigenvalue weighted by Crippen LogP contribution is -2.11. The molecule has 2 aromatic carbocycles. The summed E-state index contributed by atoms with van der Waals surface area (Å²) in [7, 11) is -2.52. The molecule has 0 unspecified atom stereocenters. The van der Waals surface area contributed by atoms with Gasteiger partial charge in [0.1, 0.15) is 12.4 Å². The Morgan fingerprint density at radius 2 is 2.00 bits per heavy atom. The quantitative estimate of drug-likeness (QED) is 0.667. The molecule has 0 radical (unpaired) electrons. The number of rotatable bonds is 3. The average molecular weight is 355 g/mol. The highest BCUT2D eigenvalue weighted by molar-refractivity contribution is 7.90. The summed E-state index contributed by atoms with van der Waals surface area (Å²) < 4.78 is 30.8. The van der Waals surface area contributed by atoms with Crippen LogP contribution in [-0.2, 0) is 14.6 Å². The number of aromatic nitrogens is 2. The minimum Gasteiger partial charge on any atom is -0.465 e. The van der Waals surface area contributed by atoms with Gasteiger partial charge in [-0.25, -0.2) is 18.2 Å². The number of hydrogen-bond acceptors (Lipinski definition) is 6. The Labute approximate surface area is 144 Å². The number of fused-ring (bicyclic) bond motifs is 1. The van der Waals surface area contributed by atoms with Gasteiger partial charge < -0.3 is 4.74 Å². The molecule has 0 atom stereocenters. The fourth-order valence-corrected chi connectivity index (χ4v) is 3.45. The van der Waals surface area contributed by atoms with Crippen molar-refractivity contribution in [3.63, 3.8) is 0 Å². The molecule has 0 aliphatic rings. The summed E-state index contributed by atoms with van der Waals surface area (Å²) in [4.78, 5) is 16.0. The van der Waals surface area contributed by atoms with Gasteiger partial charge in [0.05, 0.1) is 39.9 Å². The molecule has 0 bridgehead atoms. The van der Waals surface area contributed by atoms with Crippen LogP contribution in [0.15, 0.2) is 47.6 Å². The number of nitriles is 1. The summed E-state index contributed by atoms with van der Waals surface area (Å²) in [6, 6.07) is 11.6. The number of carbonyl (C=O) groups is 1. The van der Waals surface area contributed by atoms with Crippen molar-refractivity contribution in [1.82, 2.24) is 9.55 Å². The Bertz CT molecular complexity index is 1140. The number of methoxy groups -OCH3 is 1. The molecule has 0 amide bonds. The number of nitrogens with zero attached hydrogens (tertiary/aromatic N) is 3. The first-order chi connectivity index (χ1) is 11.9. The maximum Gasteiger partial charge on any atom is 0.339 e. The van der Waals surface area contributed by atoms with Crippen molar-refractivity contribution in [3.8, 4) is 11.8 Å². The topological polar surface area (TPSA) is 102 Å². The first kappa shape index (κ1) is 16.7. The van der Waals surface area contributed by atoms with Crippen molar-refractivity contribution in [2.45, 2.75) is 4.90 Å². The molecule has 3 rings (SSSR count). The minimum atomic E-state index is -3.68. The van der Waals surface area contributed by atoms with Gasteiger partial charge in [-0.1, -0.05) is 12.1 Å². The van der Waals surface area contributed by atoms with E-state index in [1.165, 1.54) is 25.6 Å². The van der Waals surface area contributed by atoms with E-state index in [0.29, 0.717) is 11.0 Å². The molecule has 1 aromatic heterocycles. The summed E-state index contributed by atoms with van der Waals surface area (Å²) >= 11 is 0. The fourth-order valence-electron chi connectivity index (χ4n) is 2.58. The van der Waals surface area contributed by atoms with Crippen LogP contribution in [0.25, 0.3) is 16.7 Å². The van der Waals surface area contributed by atoms with E-state index in [0.717, 1.165) is 6.26 Å². The third-order valence-corrected chi connectivity index (χ3v) is 4.86. The molecule has 0 saturated carbocycles. The zero-order valence-electron chi connectivity index (χ0n) is 13.4. The second-order valence-electron chi connectivity index (χ2n) is 5.34. The first-order valence-corrected chi connectivity index (χ1v) is 9.05. The van der Waals surface area contributed by atoms with Crippen LogP contribution in [0.5, 0.6) is 0 Å². The monoisotopic (exact) mass is 355 g/mol. The van der Waals surface area contributed by atoms with Crippen molar-refractivity contribution in [2.24, 2.45) is 0 Å². The van der Waals surface area contributed by atoms with E-state index in [2.05, 4.69) is 9.72 Å². The van der Waals surface area contributed by atoms with Gasteiger partial charge in [0.25, 0.3) is 0 Å². The lowest BCUT2D eigenvalue weighted by Gasteiger charge is -2.13. The number of hydrogen-bond donors (Lipinski definition) is 0. The van der Waals surface area contributed by atoms with Gasteiger partial charge in [0.2, 0.25) is 0 Å². The molecule has 0 saturated heterocycles. The van der Waals surface area contributed by atoms with Gasteiger partial charge >= 0.3 is 5.97 Å². The molecule has 0 spiro atoms. The third-order valence-electron chi connectivity index (χ3n) is 3.74. The molecular weight excluding hydrogens is 342 g/mol. The van der Waals surface area contributed by atoms with Crippen molar-refractivity contribution >= 4 is 26.8 Å². The van der Waals surface area contributed by atoms with Crippen molar-refractivity contribution in [2.75, 3.05) is 13.4 Å². The first-order valence-electron chi connectivity index (χ1n) is 7.16. The molecule has 126 valence electrons. The second kappa shape index (κ2) is 6.03. The molecule has 7 nitrogen and oxygen atoms in total. The van der Waals surface area contributed by atoms with E-state index in [1.54, 1.807) is 22.8 Å². The molecule has 0 fully saturated rings. The number of benzene rings is 2. The van der Waals surface area contributed by atoms with Gasteiger partial charge in [-0.15, -0.1) is 0 Å². The predicted molar refractivity (Wildman–Crippen MR) is 90.2 cm³/mol. The summed E-state index contributed by atoms with van der Waals surface area (Å²) in [6.45, 7) is 0. The van der Waals surface area contributed by atoms with Gasteiger partial charge in [0, 0.05) is 6.26 Å². The Kier molecular flexibility index (Phi) is 4.02. The van der Waals surface area contributed by atoms with Crippen LogP contribution < -0.4 is 0 Å². The number of ether oxygens (including phenoxy) is 1. The molecule has 25 heavy (non-hydrogen) atoms. The molecule has 1 heterocycles. The van der Waals surface area contributed by atoms with Crippen molar-refractivity contribution in [1.29, 1.82) is 5.26 Å². The third kappa shape index (κ3) is 2.86. The van der Waals surface area contributed by atoms with E-state index in [4.69, 9.17) is 0 Å². The van der Waals surface area contributed by atoms with Crippen LogP contribution in [-0.4, -0.2) is 37.3 Å². The highest BCUT2D eigenvalue weighted by atomic mass is 32.2. The molecular formula is C17H13N3O4S. The highest BCUT2D eigenvalue weighted by Gasteiger charge is 2.23. The number of esters is 1. The maximum atomic E-state index is 12.3. The normalized spacial score (nSPS) is 11.2. The van der Waals surface area contributed by atoms with Crippen molar-refractivity contribution < 1.29 is 17.9 Å². The van der Waals surface area contributed by atoms with Crippen LogP contribution in [0, 0.1) is 11.3 Å². The number of para-hydroxylation sites is 2.